The number of hydrogen-bond acceptors (Lipinski definition) is 4. The van der Waals surface area contributed by atoms with Crippen molar-refractivity contribution in [3.8, 4) is 0 Å². The van der Waals surface area contributed by atoms with Gasteiger partial charge < -0.3 is 20.5 Å². The fourth-order valence-electron chi connectivity index (χ4n) is 1.97. The molecule has 0 saturated carbocycles. The van der Waals surface area contributed by atoms with Gasteiger partial charge >= 0.3 is 0 Å². The molecule has 5 nitrogen and oxygen atoms in total. The topological polar surface area (TPSA) is 75.8 Å². The molecule has 1 unspecified atom stereocenters. The van der Waals surface area contributed by atoms with Gasteiger partial charge in [-0.1, -0.05) is 6.92 Å². The first-order valence-electron chi connectivity index (χ1n) is 5.72. The van der Waals surface area contributed by atoms with Crippen molar-refractivity contribution in [2.75, 3.05) is 19.7 Å². The minimum atomic E-state index is -0.451. The highest BCUT2D eigenvalue weighted by Crippen LogP contribution is 2.21. The van der Waals surface area contributed by atoms with Crippen LogP contribution in [-0.4, -0.2) is 53.4 Å². The first-order chi connectivity index (χ1) is 7.39. The summed E-state index contributed by atoms with van der Waals surface area (Å²) in [7, 11) is 0. The van der Waals surface area contributed by atoms with Crippen LogP contribution in [0.15, 0.2) is 0 Å². The molecule has 94 valence electrons. The number of nitrogens with two attached hydrogens (primary N) is 1. The zero-order valence-corrected chi connectivity index (χ0v) is 10.3. The predicted octanol–water partition coefficient (Wildman–Crippen LogP) is -0.278. The van der Waals surface area contributed by atoms with Crippen molar-refractivity contribution in [3.05, 3.63) is 0 Å². The molecule has 16 heavy (non-hydrogen) atoms. The van der Waals surface area contributed by atoms with Crippen molar-refractivity contribution in [1.82, 2.24) is 4.90 Å². The molecule has 0 radical (unpaired) electrons. The Bertz CT molecular complexity index is 256. The molecule has 0 aliphatic carbocycles. The number of hydrogen-bond donors (Lipinski definition) is 2. The lowest BCUT2D eigenvalue weighted by Crippen LogP contribution is -2.58. The average Bonchev–Trinajstić information content (AvgIpc) is 2.24. The van der Waals surface area contributed by atoms with E-state index in [-0.39, 0.29) is 18.6 Å². The quantitative estimate of drug-likeness (QED) is 0.699. The molecule has 2 atom stereocenters. The second-order valence-electron chi connectivity index (χ2n) is 4.92. The number of amides is 1. The monoisotopic (exact) mass is 230 g/mol. The second kappa shape index (κ2) is 5.12. The second-order valence-corrected chi connectivity index (χ2v) is 4.92. The van der Waals surface area contributed by atoms with E-state index >= 15 is 0 Å². The van der Waals surface area contributed by atoms with Crippen molar-refractivity contribution >= 4 is 5.91 Å². The normalized spacial score (nSPS) is 26.6. The van der Waals surface area contributed by atoms with E-state index in [0.29, 0.717) is 19.5 Å². The molecule has 0 spiro atoms. The van der Waals surface area contributed by atoms with Crippen LogP contribution in [0.25, 0.3) is 0 Å². The van der Waals surface area contributed by atoms with Crippen molar-refractivity contribution in [1.29, 1.82) is 0 Å². The average molecular weight is 230 g/mol. The molecule has 3 N–H and O–H groups in total. The summed E-state index contributed by atoms with van der Waals surface area (Å²) in [6.45, 7) is 6.58. The number of carbonyl (C=O) groups excluding carboxylic acids is 1. The summed E-state index contributed by atoms with van der Waals surface area (Å²) in [6.07, 6.45) is 0.317. The molecule has 0 bridgehead atoms. The first kappa shape index (κ1) is 13.4. The molecule has 1 saturated heterocycles. The summed E-state index contributed by atoms with van der Waals surface area (Å²) in [6, 6.07) is -0.451. The lowest BCUT2D eigenvalue weighted by atomic mass is 10.0. The molecular formula is C11H22N2O3. The molecule has 1 aliphatic heterocycles. The summed E-state index contributed by atoms with van der Waals surface area (Å²) >= 11 is 0. The van der Waals surface area contributed by atoms with Gasteiger partial charge in [0.15, 0.2) is 0 Å². The van der Waals surface area contributed by atoms with E-state index in [4.69, 9.17) is 15.6 Å². The van der Waals surface area contributed by atoms with Gasteiger partial charge in [-0.15, -0.1) is 0 Å². The van der Waals surface area contributed by atoms with Crippen LogP contribution in [0.5, 0.6) is 0 Å². The van der Waals surface area contributed by atoms with Crippen LogP contribution in [0.3, 0.4) is 0 Å². The Morgan fingerprint density at radius 2 is 2.31 bits per heavy atom. The Morgan fingerprint density at radius 1 is 1.69 bits per heavy atom. The maximum atomic E-state index is 11.9. The highest BCUT2D eigenvalue weighted by molar-refractivity contribution is 5.81. The smallest absolute Gasteiger partial charge is 0.239 e. The molecule has 1 rings (SSSR count). The van der Waals surface area contributed by atoms with Crippen LogP contribution >= 0.6 is 0 Å². The van der Waals surface area contributed by atoms with Crippen LogP contribution in [0, 0.1) is 0 Å². The van der Waals surface area contributed by atoms with E-state index in [2.05, 4.69) is 0 Å². The molecule has 0 aromatic carbocycles. The van der Waals surface area contributed by atoms with Gasteiger partial charge in [-0.2, -0.15) is 0 Å². The van der Waals surface area contributed by atoms with Gasteiger partial charge in [-0.3, -0.25) is 4.79 Å². The lowest BCUT2D eigenvalue weighted by Gasteiger charge is -2.43. The largest absolute Gasteiger partial charge is 0.394 e. The van der Waals surface area contributed by atoms with Crippen molar-refractivity contribution in [3.63, 3.8) is 0 Å². The summed E-state index contributed by atoms with van der Waals surface area (Å²) < 4.78 is 5.63. The third kappa shape index (κ3) is 3.17. The Morgan fingerprint density at radius 3 is 2.81 bits per heavy atom. The van der Waals surface area contributed by atoms with E-state index < -0.39 is 11.6 Å². The highest BCUT2D eigenvalue weighted by Gasteiger charge is 2.36. The van der Waals surface area contributed by atoms with Gasteiger partial charge in [0.2, 0.25) is 5.91 Å². The fraction of sp³-hybridized carbons (Fsp3) is 0.909. The number of carbonyl (C=O) groups is 1. The molecule has 1 amide bonds. The van der Waals surface area contributed by atoms with E-state index in [1.54, 1.807) is 4.90 Å². The molecule has 0 aromatic heterocycles. The maximum Gasteiger partial charge on any atom is 0.239 e. The Kier molecular flexibility index (Phi) is 4.29. The zero-order valence-electron chi connectivity index (χ0n) is 10.3. The number of morpholine rings is 1. The van der Waals surface area contributed by atoms with E-state index in [1.165, 1.54) is 0 Å². The number of rotatable bonds is 3. The van der Waals surface area contributed by atoms with E-state index in [1.807, 2.05) is 20.8 Å². The first-order valence-corrected chi connectivity index (χ1v) is 5.72. The summed E-state index contributed by atoms with van der Waals surface area (Å²) in [5.74, 6) is -0.0580. The van der Waals surface area contributed by atoms with Crippen molar-refractivity contribution in [2.24, 2.45) is 5.73 Å². The van der Waals surface area contributed by atoms with Gasteiger partial charge in [0.25, 0.3) is 0 Å². The summed E-state index contributed by atoms with van der Waals surface area (Å²) in [5, 5.41) is 9.12. The van der Waals surface area contributed by atoms with Gasteiger partial charge in [-0.05, 0) is 20.3 Å². The number of ether oxygens (including phenoxy) is 1. The molecule has 0 aromatic rings. The van der Waals surface area contributed by atoms with Gasteiger partial charge in [0.05, 0.1) is 24.4 Å². The van der Waals surface area contributed by atoms with Crippen LogP contribution < -0.4 is 5.73 Å². The molecular weight excluding hydrogens is 208 g/mol. The van der Waals surface area contributed by atoms with Gasteiger partial charge in [0.1, 0.15) is 0 Å². The number of nitrogens with zero attached hydrogens (tertiary/aromatic N) is 1. The molecule has 1 aliphatic rings. The summed E-state index contributed by atoms with van der Waals surface area (Å²) in [4.78, 5) is 13.6. The Labute approximate surface area is 96.6 Å². The van der Waals surface area contributed by atoms with Crippen LogP contribution in [0.4, 0.5) is 0 Å². The van der Waals surface area contributed by atoms with Gasteiger partial charge in [-0.25, -0.2) is 0 Å². The van der Waals surface area contributed by atoms with Crippen LogP contribution in [-0.2, 0) is 9.53 Å². The SMILES string of the molecule is CC[C@H](N)C(=O)N1CC(CO)OC(C)(C)C1. The van der Waals surface area contributed by atoms with Gasteiger partial charge in [0, 0.05) is 13.1 Å². The number of aliphatic hydroxyl groups is 1. The van der Waals surface area contributed by atoms with Crippen molar-refractivity contribution < 1.29 is 14.6 Å². The molecule has 5 heteroatoms. The highest BCUT2D eigenvalue weighted by atomic mass is 16.5. The Balaban J connectivity index is 2.69. The minimum absolute atomic E-state index is 0.0580. The predicted molar refractivity (Wildman–Crippen MR) is 60.9 cm³/mol. The van der Waals surface area contributed by atoms with Crippen molar-refractivity contribution in [2.45, 2.75) is 44.9 Å². The van der Waals surface area contributed by atoms with Crippen LogP contribution in [0.2, 0.25) is 0 Å². The number of aliphatic hydroxyl groups excluding tert-OH is 1. The third-order valence-electron chi connectivity index (χ3n) is 2.75. The minimum Gasteiger partial charge on any atom is -0.394 e. The zero-order chi connectivity index (χ0) is 12.3. The standard InChI is InChI=1S/C11H22N2O3/c1-4-9(12)10(15)13-5-8(6-14)16-11(2,3)7-13/h8-9,14H,4-7,12H2,1-3H3/t8?,9-/m0/s1. The van der Waals surface area contributed by atoms with E-state index in [9.17, 15) is 4.79 Å². The van der Waals surface area contributed by atoms with Crippen LogP contribution in [0.1, 0.15) is 27.2 Å². The lowest BCUT2D eigenvalue weighted by molar-refractivity contribution is -0.167. The maximum absolute atomic E-state index is 11.9. The van der Waals surface area contributed by atoms with E-state index in [0.717, 1.165) is 0 Å². The molecule has 1 heterocycles. The fourth-order valence-corrected chi connectivity index (χ4v) is 1.97. The third-order valence-corrected chi connectivity index (χ3v) is 2.75. The Hall–Kier alpha value is -0.650. The molecule has 1 fully saturated rings. The summed E-state index contributed by atoms with van der Waals surface area (Å²) in [5.41, 5.74) is 5.31.